The number of hydrogen-bond acceptors (Lipinski definition) is 5. The molecule has 0 fully saturated rings. The molecule has 3 rings (SSSR count). The van der Waals surface area contributed by atoms with Gasteiger partial charge in [0.25, 0.3) is 5.91 Å². The number of hydrogen-bond donors (Lipinski definition) is 1. The van der Waals surface area contributed by atoms with Crippen LogP contribution < -0.4 is 5.32 Å². The van der Waals surface area contributed by atoms with Crippen LogP contribution in [0.5, 0.6) is 0 Å². The second kappa shape index (κ2) is 7.53. The van der Waals surface area contributed by atoms with E-state index in [1.807, 2.05) is 24.3 Å². The first-order valence-corrected chi connectivity index (χ1v) is 10.3. The van der Waals surface area contributed by atoms with Gasteiger partial charge in [-0.25, -0.2) is 17.7 Å². The van der Waals surface area contributed by atoms with Crippen molar-refractivity contribution in [1.82, 2.24) is 14.6 Å². The van der Waals surface area contributed by atoms with Crippen LogP contribution in [0.25, 0.3) is 10.2 Å². The summed E-state index contributed by atoms with van der Waals surface area (Å²) in [6.45, 7) is 0.469. The number of benzene rings is 2. The molecule has 0 aliphatic carbocycles. The minimum Gasteiger partial charge on any atom is -0.352 e. The summed E-state index contributed by atoms with van der Waals surface area (Å²) in [6, 6.07) is 13.8. The molecule has 3 aromatic rings. The number of nitrogens with one attached hydrogen (secondary N) is 1. The van der Waals surface area contributed by atoms with Gasteiger partial charge in [-0.3, -0.25) is 4.79 Å². The van der Waals surface area contributed by atoms with Crippen LogP contribution in [0.2, 0.25) is 0 Å². The van der Waals surface area contributed by atoms with Gasteiger partial charge in [-0.2, -0.15) is 0 Å². The number of thiazole rings is 1. The molecule has 1 aromatic heterocycles. The molecule has 2 aromatic carbocycles. The SMILES string of the molecule is CN(C)S(=O)(=O)c1ccc(C(=O)NCCc2nc3ccccc3s2)cc1. The highest BCUT2D eigenvalue weighted by Gasteiger charge is 2.17. The Kier molecular flexibility index (Phi) is 5.36. The fourth-order valence-electron chi connectivity index (χ4n) is 2.40. The predicted molar refractivity (Wildman–Crippen MR) is 103 cm³/mol. The lowest BCUT2D eigenvalue weighted by Gasteiger charge is -2.11. The number of rotatable bonds is 6. The van der Waals surface area contributed by atoms with E-state index in [0.29, 0.717) is 18.5 Å². The van der Waals surface area contributed by atoms with Crippen LogP contribution in [-0.2, 0) is 16.4 Å². The van der Waals surface area contributed by atoms with Crippen molar-refractivity contribution in [3.8, 4) is 0 Å². The predicted octanol–water partition coefficient (Wildman–Crippen LogP) is 2.52. The van der Waals surface area contributed by atoms with Crippen molar-refractivity contribution in [3.05, 3.63) is 59.1 Å². The van der Waals surface area contributed by atoms with Gasteiger partial charge in [-0.05, 0) is 36.4 Å². The number of para-hydroxylation sites is 1. The van der Waals surface area contributed by atoms with Crippen LogP contribution in [0.1, 0.15) is 15.4 Å². The van der Waals surface area contributed by atoms with Crippen molar-refractivity contribution < 1.29 is 13.2 Å². The lowest BCUT2D eigenvalue weighted by Crippen LogP contribution is -2.26. The number of carbonyl (C=O) groups excluding carboxylic acids is 1. The minimum atomic E-state index is -3.49. The van der Waals surface area contributed by atoms with Crippen LogP contribution >= 0.6 is 11.3 Å². The Morgan fingerprint density at radius 1 is 1.12 bits per heavy atom. The molecule has 0 spiro atoms. The Morgan fingerprint density at radius 3 is 2.46 bits per heavy atom. The largest absolute Gasteiger partial charge is 0.352 e. The van der Waals surface area contributed by atoms with E-state index >= 15 is 0 Å². The van der Waals surface area contributed by atoms with Crippen LogP contribution in [0, 0.1) is 0 Å². The first-order chi connectivity index (χ1) is 12.4. The van der Waals surface area contributed by atoms with Crippen molar-refractivity contribution >= 4 is 37.5 Å². The molecule has 0 saturated carbocycles. The Hall–Kier alpha value is -2.29. The summed E-state index contributed by atoms with van der Waals surface area (Å²) >= 11 is 1.62. The third kappa shape index (κ3) is 3.92. The maximum Gasteiger partial charge on any atom is 0.251 e. The van der Waals surface area contributed by atoms with E-state index < -0.39 is 10.0 Å². The van der Waals surface area contributed by atoms with Gasteiger partial charge >= 0.3 is 0 Å². The normalized spacial score (nSPS) is 11.8. The summed E-state index contributed by atoms with van der Waals surface area (Å²) in [7, 11) is -0.550. The topological polar surface area (TPSA) is 79.4 Å². The van der Waals surface area contributed by atoms with E-state index in [1.165, 1.54) is 38.4 Å². The van der Waals surface area contributed by atoms with E-state index in [9.17, 15) is 13.2 Å². The molecule has 136 valence electrons. The second-order valence-corrected chi connectivity index (χ2v) is 9.16. The highest BCUT2D eigenvalue weighted by Crippen LogP contribution is 2.21. The molecule has 0 unspecified atom stereocenters. The van der Waals surface area contributed by atoms with E-state index in [0.717, 1.165) is 19.5 Å². The van der Waals surface area contributed by atoms with Gasteiger partial charge in [0.15, 0.2) is 0 Å². The molecule has 1 heterocycles. The average Bonchev–Trinajstić information content (AvgIpc) is 3.04. The van der Waals surface area contributed by atoms with Crippen molar-refractivity contribution in [2.45, 2.75) is 11.3 Å². The Morgan fingerprint density at radius 2 is 1.81 bits per heavy atom. The Balaban J connectivity index is 1.59. The second-order valence-electron chi connectivity index (χ2n) is 5.89. The zero-order valence-corrected chi connectivity index (χ0v) is 16.1. The molecular formula is C18H19N3O3S2. The molecule has 26 heavy (non-hydrogen) atoms. The maximum absolute atomic E-state index is 12.2. The molecule has 0 saturated heterocycles. The molecule has 1 amide bonds. The summed E-state index contributed by atoms with van der Waals surface area (Å²) in [5.74, 6) is -0.236. The van der Waals surface area contributed by atoms with E-state index in [-0.39, 0.29) is 10.8 Å². The van der Waals surface area contributed by atoms with Crippen LogP contribution in [-0.4, -0.2) is 44.3 Å². The molecule has 1 N–H and O–H groups in total. The first kappa shape index (κ1) is 18.5. The summed E-state index contributed by atoms with van der Waals surface area (Å²) < 4.78 is 26.3. The highest BCUT2D eigenvalue weighted by atomic mass is 32.2. The minimum absolute atomic E-state index is 0.161. The van der Waals surface area contributed by atoms with Gasteiger partial charge in [0.1, 0.15) is 0 Å². The number of nitrogens with zero attached hydrogens (tertiary/aromatic N) is 2. The molecule has 0 aliphatic heterocycles. The van der Waals surface area contributed by atoms with E-state index in [4.69, 9.17) is 0 Å². The zero-order chi connectivity index (χ0) is 18.7. The maximum atomic E-state index is 12.2. The third-order valence-electron chi connectivity index (χ3n) is 3.86. The highest BCUT2D eigenvalue weighted by molar-refractivity contribution is 7.89. The Labute approximate surface area is 156 Å². The quantitative estimate of drug-likeness (QED) is 0.703. The lowest BCUT2D eigenvalue weighted by molar-refractivity contribution is 0.0954. The first-order valence-electron chi connectivity index (χ1n) is 8.03. The summed E-state index contributed by atoms with van der Waals surface area (Å²) in [4.78, 5) is 16.9. The van der Waals surface area contributed by atoms with Gasteiger partial charge < -0.3 is 5.32 Å². The number of amides is 1. The average molecular weight is 390 g/mol. The van der Waals surface area contributed by atoms with E-state index in [2.05, 4.69) is 10.3 Å². The van der Waals surface area contributed by atoms with Crippen molar-refractivity contribution in [1.29, 1.82) is 0 Å². The van der Waals surface area contributed by atoms with Crippen molar-refractivity contribution in [2.24, 2.45) is 0 Å². The van der Waals surface area contributed by atoms with Crippen molar-refractivity contribution in [3.63, 3.8) is 0 Å². The van der Waals surface area contributed by atoms with Gasteiger partial charge in [0, 0.05) is 32.6 Å². The third-order valence-corrected chi connectivity index (χ3v) is 6.78. The molecule has 0 aliphatic rings. The van der Waals surface area contributed by atoms with Crippen LogP contribution in [0.3, 0.4) is 0 Å². The molecular weight excluding hydrogens is 370 g/mol. The lowest BCUT2D eigenvalue weighted by atomic mass is 10.2. The van der Waals surface area contributed by atoms with Crippen molar-refractivity contribution in [2.75, 3.05) is 20.6 Å². The molecule has 6 nitrogen and oxygen atoms in total. The standard InChI is InChI=1S/C18H19N3O3S2/c1-21(2)26(23,24)14-9-7-13(8-10-14)18(22)19-12-11-17-20-15-5-3-4-6-16(15)25-17/h3-10H,11-12H2,1-2H3,(H,19,22). The molecule has 8 heteroatoms. The van der Waals surface area contributed by atoms with Gasteiger partial charge in [0.2, 0.25) is 10.0 Å². The Bertz CT molecular complexity index is 992. The van der Waals surface area contributed by atoms with Gasteiger partial charge in [0.05, 0.1) is 20.1 Å². The van der Waals surface area contributed by atoms with Gasteiger partial charge in [-0.1, -0.05) is 12.1 Å². The summed E-state index contributed by atoms with van der Waals surface area (Å²) in [5.41, 5.74) is 1.39. The smallest absolute Gasteiger partial charge is 0.251 e. The summed E-state index contributed by atoms with van der Waals surface area (Å²) in [6.07, 6.45) is 0.651. The van der Waals surface area contributed by atoms with Crippen LogP contribution in [0.15, 0.2) is 53.4 Å². The summed E-state index contributed by atoms with van der Waals surface area (Å²) in [5, 5.41) is 3.81. The molecule has 0 radical (unpaired) electrons. The number of aromatic nitrogens is 1. The van der Waals surface area contributed by atoms with E-state index in [1.54, 1.807) is 11.3 Å². The number of carbonyl (C=O) groups is 1. The van der Waals surface area contributed by atoms with Crippen LogP contribution in [0.4, 0.5) is 0 Å². The molecule has 0 atom stereocenters. The monoisotopic (exact) mass is 389 g/mol. The fourth-order valence-corrected chi connectivity index (χ4v) is 4.27. The fraction of sp³-hybridized carbons (Fsp3) is 0.222. The number of sulfonamides is 1. The molecule has 0 bridgehead atoms. The van der Waals surface area contributed by atoms with Gasteiger partial charge in [-0.15, -0.1) is 11.3 Å². The zero-order valence-electron chi connectivity index (χ0n) is 14.5. The number of fused-ring (bicyclic) bond motifs is 1.